The molecule has 0 aliphatic carbocycles. The van der Waals surface area contributed by atoms with Gasteiger partial charge in [0.15, 0.2) is 25.1 Å². The molecule has 5 heteroatoms. The summed E-state index contributed by atoms with van der Waals surface area (Å²) in [5, 5.41) is 1.87. The minimum absolute atomic E-state index is 0.189. The lowest BCUT2D eigenvalue weighted by atomic mass is 10.1. The van der Waals surface area contributed by atoms with Crippen molar-refractivity contribution in [3.8, 4) is 17.2 Å². The van der Waals surface area contributed by atoms with Gasteiger partial charge in [-0.05, 0) is 12.8 Å². The van der Waals surface area contributed by atoms with E-state index in [0.29, 0.717) is 30.5 Å². The van der Waals surface area contributed by atoms with Crippen LogP contribution in [0.3, 0.4) is 0 Å². The maximum atomic E-state index is 5.81. The minimum Gasteiger partial charge on any atom is -0.493 e. The second-order valence-electron chi connectivity index (χ2n) is 5.29. The lowest BCUT2D eigenvalue weighted by Gasteiger charge is -2.17. The molecule has 0 unspecified atom stereocenters. The van der Waals surface area contributed by atoms with Gasteiger partial charge in [0, 0.05) is 16.8 Å². The van der Waals surface area contributed by atoms with Gasteiger partial charge in [0.1, 0.15) is 5.75 Å². The van der Waals surface area contributed by atoms with Gasteiger partial charge in [0.25, 0.3) is 0 Å². The molecular weight excluding hydrogens is 308 g/mol. The molecular formula is C19H26O5. The van der Waals surface area contributed by atoms with E-state index in [4.69, 9.17) is 23.7 Å². The van der Waals surface area contributed by atoms with Crippen LogP contribution in [0.4, 0.5) is 0 Å². The number of benzene rings is 2. The minimum atomic E-state index is 0.189. The summed E-state index contributed by atoms with van der Waals surface area (Å²) < 4.78 is 27.9. The second kappa shape index (κ2) is 10.0. The summed E-state index contributed by atoms with van der Waals surface area (Å²) in [5.41, 5.74) is 0. The van der Waals surface area contributed by atoms with E-state index in [2.05, 4.69) is 13.8 Å². The summed E-state index contributed by atoms with van der Waals surface area (Å²) in [6.07, 6.45) is 1.91. The Morgan fingerprint density at radius 3 is 2.04 bits per heavy atom. The van der Waals surface area contributed by atoms with E-state index in [1.807, 2.05) is 30.3 Å². The summed E-state index contributed by atoms with van der Waals surface area (Å²) in [4.78, 5) is 0. The Hall–Kier alpha value is -1.98. The molecule has 0 radical (unpaired) electrons. The van der Waals surface area contributed by atoms with Gasteiger partial charge < -0.3 is 23.7 Å². The predicted molar refractivity (Wildman–Crippen MR) is 94.0 cm³/mol. The zero-order valence-corrected chi connectivity index (χ0v) is 14.7. The highest BCUT2D eigenvalue weighted by atomic mass is 16.7. The van der Waals surface area contributed by atoms with E-state index in [1.54, 1.807) is 7.11 Å². The Balaban J connectivity index is 2.26. The van der Waals surface area contributed by atoms with Crippen LogP contribution in [0.25, 0.3) is 10.8 Å². The molecule has 0 atom stereocenters. The maximum Gasteiger partial charge on any atom is 0.189 e. The fourth-order valence-electron chi connectivity index (χ4n) is 2.32. The van der Waals surface area contributed by atoms with Crippen molar-refractivity contribution in [2.45, 2.75) is 26.7 Å². The third-order valence-electron chi connectivity index (χ3n) is 3.42. The third kappa shape index (κ3) is 4.76. The summed E-state index contributed by atoms with van der Waals surface area (Å²) in [6, 6.07) is 9.72. The summed E-state index contributed by atoms with van der Waals surface area (Å²) in [7, 11) is 1.61. The van der Waals surface area contributed by atoms with Crippen LogP contribution in [-0.4, -0.2) is 33.9 Å². The first-order chi connectivity index (χ1) is 11.8. The van der Waals surface area contributed by atoms with Crippen LogP contribution in [0, 0.1) is 0 Å². The van der Waals surface area contributed by atoms with E-state index in [1.165, 1.54) is 0 Å². The first-order valence-corrected chi connectivity index (χ1v) is 8.32. The van der Waals surface area contributed by atoms with Crippen LogP contribution in [0.15, 0.2) is 30.3 Å². The molecule has 0 aliphatic heterocycles. The van der Waals surface area contributed by atoms with Crippen molar-refractivity contribution in [3.05, 3.63) is 30.3 Å². The summed E-state index contributed by atoms with van der Waals surface area (Å²) >= 11 is 0. The van der Waals surface area contributed by atoms with Gasteiger partial charge in [0.2, 0.25) is 0 Å². The highest BCUT2D eigenvalue weighted by Gasteiger charge is 2.15. The predicted octanol–water partition coefficient (Wildman–Crippen LogP) is 4.37. The normalized spacial score (nSPS) is 10.8. The molecule has 2 aromatic carbocycles. The molecule has 5 nitrogen and oxygen atoms in total. The summed E-state index contributed by atoms with van der Waals surface area (Å²) in [5.74, 6) is 1.98. The maximum absolute atomic E-state index is 5.81. The van der Waals surface area contributed by atoms with Crippen molar-refractivity contribution < 1.29 is 23.7 Å². The zero-order valence-electron chi connectivity index (χ0n) is 14.7. The van der Waals surface area contributed by atoms with Gasteiger partial charge in [-0.1, -0.05) is 38.1 Å². The van der Waals surface area contributed by atoms with Crippen molar-refractivity contribution in [1.29, 1.82) is 0 Å². The Bertz CT molecular complexity index is 626. The SMILES string of the molecule is CCCOCOc1cc(OC)c(OCOCCC)c2ccccc12. The molecule has 132 valence electrons. The zero-order chi connectivity index (χ0) is 17.2. The van der Waals surface area contributed by atoms with Gasteiger partial charge in [-0.15, -0.1) is 0 Å². The van der Waals surface area contributed by atoms with Crippen LogP contribution in [0.5, 0.6) is 17.2 Å². The monoisotopic (exact) mass is 334 g/mol. The number of ether oxygens (including phenoxy) is 5. The van der Waals surface area contributed by atoms with Crippen LogP contribution >= 0.6 is 0 Å². The lowest BCUT2D eigenvalue weighted by Crippen LogP contribution is -2.07. The number of methoxy groups -OCH3 is 1. The number of hydrogen-bond donors (Lipinski definition) is 0. The molecule has 0 N–H and O–H groups in total. The standard InChI is InChI=1S/C19H26O5/c1-4-10-21-13-23-17-12-18(20-3)19(24-14-22-11-5-2)16-9-7-6-8-15(16)17/h6-9,12H,4-5,10-11,13-14H2,1-3H3. The van der Waals surface area contributed by atoms with E-state index >= 15 is 0 Å². The van der Waals surface area contributed by atoms with Crippen molar-refractivity contribution in [1.82, 2.24) is 0 Å². The van der Waals surface area contributed by atoms with Gasteiger partial charge in [-0.25, -0.2) is 0 Å². The first kappa shape index (κ1) is 18.4. The van der Waals surface area contributed by atoms with E-state index in [-0.39, 0.29) is 13.6 Å². The molecule has 2 rings (SSSR count). The average molecular weight is 334 g/mol. The van der Waals surface area contributed by atoms with Crippen LogP contribution in [-0.2, 0) is 9.47 Å². The fraction of sp³-hybridized carbons (Fsp3) is 0.474. The van der Waals surface area contributed by atoms with Crippen molar-refractivity contribution in [3.63, 3.8) is 0 Å². The molecule has 0 aliphatic rings. The van der Waals surface area contributed by atoms with E-state index < -0.39 is 0 Å². The molecule has 0 aromatic heterocycles. The smallest absolute Gasteiger partial charge is 0.189 e. The lowest BCUT2D eigenvalue weighted by molar-refractivity contribution is 0.0136. The fourth-order valence-corrected chi connectivity index (χ4v) is 2.32. The molecule has 0 spiro atoms. The molecule has 2 aromatic rings. The van der Waals surface area contributed by atoms with Crippen molar-refractivity contribution in [2.24, 2.45) is 0 Å². The number of rotatable bonds is 11. The highest BCUT2D eigenvalue weighted by Crippen LogP contribution is 2.41. The largest absolute Gasteiger partial charge is 0.493 e. The van der Waals surface area contributed by atoms with Crippen LogP contribution in [0.1, 0.15) is 26.7 Å². The third-order valence-corrected chi connectivity index (χ3v) is 3.42. The highest BCUT2D eigenvalue weighted by molar-refractivity contribution is 5.95. The van der Waals surface area contributed by atoms with Gasteiger partial charge in [-0.2, -0.15) is 0 Å². The molecule has 0 amide bonds. The molecule has 0 fully saturated rings. The Kier molecular flexibility index (Phi) is 7.65. The van der Waals surface area contributed by atoms with Crippen molar-refractivity contribution in [2.75, 3.05) is 33.9 Å². The Morgan fingerprint density at radius 2 is 1.42 bits per heavy atom. The number of fused-ring (bicyclic) bond motifs is 1. The summed E-state index contributed by atoms with van der Waals surface area (Å²) in [6.45, 7) is 5.85. The molecule has 0 heterocycles. The second-order valence-corrected chi connectivity index (χ2v) is 5.29. The quantitative estimate of drug-likeness (QED) is 0.451. The molecule has 0 saturated heterocycles. The average Bonchev–Trinajstić information content (AvgIpc) is 2.63. The topological polar surface area (TPSA) is 46.2 Å². The van der Waals surface area contributed by atoms with Crippen LogP contribution < -0.4 is 14.2 Å². The number of hydrogen-bond acceptors (Lipinski definition) is 5. The van der Waals surface area contributed by atoms with Crippen LogP contribution in [0.2, 0.25) is 0 Å². The van der Waals surface area contributed by atoms with Gasteiger partial charge in [0.05, 0.1) is 20.3 Å². The van der Waals surface area contributed by atoms with Crippen molar-refractivity contribution >= 4 is 10.8 Å². The van der Waals surface area contributed by atoms with E-state index in [9.17, 15) is 0 Å². The molecule has 0 saturated carbocycles. The first-order valence-electron chi connectivity index (χ1n) is 8.32. The van der Waals surface area contributed by atoms with Gasteiger partial charge >= 0.3 is 0 Å². The molecule has 0 bridgehead atoms. The Morgan fingerprint density at radius 1 is 0.792 bits per heavy atom. The Labute approximate surface area is 143 Å². The van der Waals surface area contributed by atoms with E-state index in [0.717, 1.165) is 23.6 Å². The molecule has 24 heavy (non-hydrogen) atoms. The van der Waals surface area contributed by atoms with Gasteiger partial charge in [-0.3, -0.25) is 0 Å².